The summed E-state index contributed by atoms with van der Waals surface area (Å²) < 4.78 is 9.77. The molecule has 3 N–H and O–H groups in total. The van der Waals surface area contributed by atoms with Crippen molar-refractivity contribution in [3.63, 3.8) is 0 Å². The van der Waals surface area contributed by atoms with E-state index in [1.54, 1.807) is 0 Å². The van der Waals surface area contributed by atoms with Crippen LogP contribution in [0.25, 0.3) is 0 Å². The standard InChI is InChI=1S/C38H76N.H3O4P/c1-5-7-9-11-13-15-17-19-21-23-25-27-29-31-33-35-37-39(3,4)38-36-34-32-30-28-26-24-22-20-18-16-14-12-10-8-6-2;1-5(2,3)4/h35-38H,5-34H2,1-4H3;(H3,1,2,3,4)/q+1;. The van der Waals surface area contributed by atoms with Crippen LogP contribution in [0.2, 0.25) is 0 Å². The lowest BCUT2D eigenvalue weighted by Gasteiger charge is -2.19. The minimum absolute atomic E-state index is 0.886. The van der Waals surface area contributed by atoms with Crippen LogP contribution in [0.1, 0.15) is 206 Å². The van der Waals surface area contributed by atoms with Crippen molar-refractivity contribution < 1.29 is 23.7 Å². The molecule has 0 heterocycles. The summed E-state index contributed by atoms with van der Waals surface area (Å²) >= 11 is 0. The molecule has 0 radical (unpaired) electrons. The van der Waals surface area contributed by atoms with Crippen molar-refractivity contribution in [3.05, 3.63) is 24.6 Å². The van der Waals surface area contributed by atoms with Crippen molar-refractivity contribution >= 4 is 7.82 Å². The zero-order valence-electron chi connectivity index (χ0n) is 30.2. The van der Waals surface area contributed by atoms with Gasteiger partial charge in [0.1, 0.15) is 0 Å². The Morgan fingerprint density at radius 3 is 0.795 bits per heavy atom. The van der Waals surface area contributed by atoms with Crippen LogP contribution in [-0.4, -0.2) is 33.3 Å². The van der Waals surface area contributed by atoms with Crippen LogP contribution in [0.15, 0.2) is 24.6 Å². The van der Waals surface area contributed by atoms with E-state index in [-0.39, 0.29) is 0 Å². The highest BCUT2D eigenvalue weighted by Crippen LogP contribution is 2.25. The van der Waals surface area contributed by atoms with Crippen molar-refractivity contribution in [2.75, 3.05) is 14.1 Å². The van der Waals surface area contributed by atoms with Crippen molar-refractivity contribution in [2.24, 2.45) is 0 Å². The minimum atomic E-state index is -4.64. The predicted octanol–water partition coefficient (Wildman–Crippen LogP) is 12.9. The number of quaternary nitrogens is 1. The first-order chi connectivity index (χ1) is 21.1. The second-order valence-corrected chi connectivity index (χ2v) is 14.7. The highest BCUT2D eigenvalue weighted by molar-refractivity contribution is 7.45. The average molecular weight is 645 g/mol. The Bertz CT molecular complexity index is 607. The molecule has 0 aliphatic rings. The second kappa shape index (κ2) is 35.4. The second-order valence-electron chi connectivity index (χ2n) is 13.7. The van der Waals surface area contributed by atoms with E-state index in [0.29, 0.717) is 0 Å². The molecule has 0 fully saturated rings. The lowest BCUT2D eigenvalue weighted by Crippen LogP contribution is -2.25. The maximum absolute atomic E-state index is 8.88. The molecule has 0 saturated heterocycles. The van der Waals surface area contributed by atoms with E-state index in [1.807, 2.05) is 0 Å². The summed E-state index contributed by atoms with van der Waals surface area (Å²) in [5, 5.41) is 0. The molecule has 5 nitrogen and oxygen atoms in total. The van der Waals surface area contributed by atoms with E-state index in [2.05, 4.69) is 52.5 Å². The summed E-state index contributed by atoms with van der Waals surface area (Å²) in [6.45, 7) is 4.61. The number of unbranched alkanes of at least 4 members (excludes halogenated alkanes) is 28. The van der Waals surface area contributed by atoms with Gasteiger partial charge in [0, 0.05) is 0 Å². The van der Waals surface area contributed by atoms with Crippen molar-refractivity contribution in [1.82, 2.24) is 0 Å². The summed E-state index contributed by atoms with van der Waals surface area (Å²) in [5.41, 5.74) is 0. The summed E-state index contributed by atoms with van der Waals surface area (Å²) in [4.78, 5) is 21.6. The predicted molar refractivity (Wildman–Crippen MR) is 195 cm³/mol. The fraction of sp³-hybridized carbons (Fsp3) is 0.895. The first-order valence-corrected chi connectivity index (χ1v) is 20.7. The molecule has 0 rings (SSSR count). The third-order valence-electron chi connectivity index (χ3n) is 8.43. The Hall–Kier alpha value is -0.450. The molecule has 0 saturated carbocycles. The Labute approximate surface area is 276 Å². The van der Waals surface area contributed by atoms with Gasteiger partial charge in [-0.3, -0.25) is 4.48 Å². The maximum atomic E-state index is 8.88. The molecule has 44 heavy (non-hydrogen) atoms. The van der Waals surface area contributed by atoms with Crippen molar-refractivity contribution in [2.45, 2.75) is 206 Å². The van der Waals surface area contributed by atoms with Crippen LogP contribution >= 0.6 is 7.82 Å². The zero-order chi connectivity index (χ0) is 33.0. The fourth-order valence-corrected chi connectivity index (χ4v) is 5.66. The zero-order valence-corrected chi connectivity index (χ0v) is 31.1. The van der Waals surface area contributed by atoms with Gasteiger partial charge in [0.2, 0.25) is 0 Å². The number of hydrogen-bond donors (Lipinski definition) is 3. The van der Waals surface area contributed by atoms with Gasteiger partial charge in [0.05, 0.1) is 26.5 Å². The van der Waals surface area contributed by atoms with E-state index in [1.165, 1.54) is 193 Å². The van der Waals surface area contributed by atoms with Gasteiger partial charge in [0.25, 0.3) is 0 Å². The van der Waals surface area contributed by atoms with E-state index >= 15 is 0 Å². The Kier molecular flexibility index (Phi) is 36.8. The number of rotatable bonds is 32. The van der Waals surface area contributed by atoms with Crippen LogP contribution in [0.5, 0.6) is 0 Å². The summed E-state index contributed by atoms with van der Waals surface area (Å²) in [6, 6.07) is 0. The van der Waals surface area contributed by atoms with Gasteiger partial charge < -0.3 is 14.7 Å². The Balaban J connectivity index is 0. The molecular weight excluding hydrogens is 565 g/mol. The lowest BCUT2D eigenvalue weighted by molar-refractivity contribution is -0.784. The molecular formula is C38H79NO4P+. The quantitative estimate of drug-likeness (QED) is 0.0387. The average Bonchev–Trinajstić information content (AvgIpc) is 2.96. The van der Waals surface area contributed by atoms with Crippen LogP contribution in [0.4, 0.5) is 0 Å². The first-order valence-electron chi connectivity index (χ1n) is 19.1. The van der Waals surface area contributed by atoms with Gasteiger partial charge in [-0.25, -0.2) is 4.57 Å². The number of hydrogen-bond acceptors (Lipinski definition) is 1. The van der Waals surface area contributed by atoms with E-state index in [4.69, 9.17) is 19.2 Å². The SMILES string of the molecule is CCCCCCCCCCCCCCCCC=C[N+](C)(C)C=CCCCCCCCCCCCCCCCC.O=P(O)(O)O. The summed E-state index contributed by atoms with van der Waals surface area (Å²) in [5.74, 6) is 0. The Morgan fingerprint density at radius 1 is 0.409 bits per heavy atom. The molecule has 264 valence electrons. The molecule has 6 heteroatoms. The fourth-order valence-electron chi connectivity index (χ4n) is 5.66. The van der Waals surface area contributed by atoms with Crippen LogP contribution < -0.4 is 0 Å². The van der Waals surface area contributed by atoms with Gasteiger partial charge in [-0.15, -0.1) is 0 Å². The third-order valence-corrected chi connectivity index (χ3v) is 8.43. The number of allylic oxidation sites excluding steroid dienone is 2. The highest BCUT2D eigenvalue weighted by Gasteiger charge is 2.05. The largest absolute Gasteiger partial charge is 0.466 e. The molecule has 0 aromatic heterocycles. The smallest absolute Gasteiger partial charge is 0.303 e. The van der Waals surface area contributed by atoms with E-state index < -0.39 is 7.82 Å². The topological polar surface area (TPSA) is 77.8 Å². The molecule has 0 aromatic carbocycles. The normalized spacial score (nSPS) is 12.3. The van der Waals surface area contributed by atoms with Crippen molar-refractivity contribution in [1.29, 1.82) is 0 Å². The molecule has 0 spiro atoms. The maximum Gasteiger partial charge on any atom is 0.466 e. The molecule has 0 aliphatic carbocycles. The van der Waals surface area contributed by atoms with E-state index in [9.17, 15) is 0 Å². The van der Waals surface area contributed by atoms with Crippen LogP contribution in [0, 0.1) is 0 Å². The summed E-state index contributed by atoms with van der Waals surface area (Å²) in [6.07, 6.45) is 52.4. The molecule has 0 aromatic rings. The monoisotopic (exact) mass is 645 g/mol. The molecule has 0 bridgehead atoms. The molecule has 0 unspecified atom stereocenters. The molecule has 0 aliphatic heterocycles. The Morgan fingerprint density at radius 2 is 0.591 bits per heavy atom. The van der Waals surface area contributed by atoms with Gasteiger partial charge in [-0.1, -0.05) is 181 Å². The van der Waals surface area contributed by atoms with Gasteiger partial charge in [-0.2, -0.15) is 0 Å². The molecule has 0 atom stereocenters. The van der Waals surface area contributed by atoms with Gasteiger partial charge >= 0.3 is 7.82 Å². The lowest BCUT2D eigenvalue weighted by atomic mass is 10.0. The van der Waals surface area contributed by atoms with Crippen molar-refractivity contribution in [3.8, 4) is 0 Å². The highest BCUT2D eigenvalue weighted by atomic mass is 31.2. The third kappa shape index (κ3) is 48.5. The molecule has 0 amide bonds. The minimum Gasteiger partial charge on any atom is -0.303 e. The first kappa shape index (κ1) is 45.7. The van der Waals surface area contributed by atoms with Crippen LogP contribution in [0.3, 0.4) is 0 Å². The van der Waals surface area contributed by atoms with Crippen LogP contribution in [-0.2, 0) is 4.57 Å². The van der Waals surface area contributed by atoms with E-state index in [0.717, 1.165) is 4.48 Å². The van der Waals surface area contributed by atoms with Gasteiger partial charge in [-0.05, 0) is 37.8 Å². The van der Waals surface area contributed by atoms with Gasteiger partial charge in [0.15, 0.2) is 0 Å². The number of nitrogens with zero attached hydrogens (tertiary/aromatic N) is 1. The number of phosphoric acid groups is 1. The summed E-state index contributed by atoms with van der Waals surface area (Å²) in [7, 11) is -0.0488.